The molecule has 0 fully saturated rings. The van der Waals surface area contributed by atoms with Crippen molar-refractivity contribution in [1.29, 1.82) is 0 Å². The van der Waals surface area contributed by atoms with Crippen molar-refractivity contribution in [3.05, 3.63) is 182 Å². The minimum atomic E-state index is 0.636. The average Bonchev–Trinajstić information content (AvgIpc) is 3.56. The lowest BCUT2D eigenvalue weighted by molar-refractivity contribution is 1.08. The van der Waals surface area contributed by atoms with E-state index in [0.29, 0.717) is 17.5 Å². The van der Waals surface area contributed by atoms with E-state index in [9.17, 15) is 0 Å². The zero-order chi connectivity index (χ0) is 33.7. The number of fused-ring (bicyclic) bond motifs is 6. The average molecular weight is 651 g/mol. The van der Waals surface area contributed by atoms with Gasteiger partial charge in [-0.25, -0.2) is 15.0 Å². The fraction of sp³-hybridized carbons (Fsp3) is 0. The highest BCUT2D eigenvalue weighted by Crippen LogP contribution is 2.41. The van der Waals surface area contributed by atoms with Crippen molar-refractivity contribution in [2.75, 3.05) is 0 Å². The van der Waals surface area contributed by atoms with E-state index >= 15 is 0 Å². The highest BCUT2D eigenvalue weighted by Gasteiger charge is 2.21. The predicted molar refractivity (Wildman–Crippen MR) is 211 cm³/mol. The van der Waals surface area contributed by atoms with Crippen molar-refractivity contribution in [3.63, 3.8) is 0 Å². The number of benzene rings is 8. The summed E-state index contributed by atoms with van der Waals surface area (Å²) >= 11 is 0. The van der Waals surface area contributed by atoms with Crippen LogP contribution in [0, 0.1) is 0 Å². The first kappa shape index (κ1) is 29.0. The number of hydrogen-bond acceptors (Lipinski definition) is 3. The molecule has 0 bridgehead atoms. The van der Waals surface area contributed by atoms with E-state index in [1.807, 2.05) is 6.07 Å². The standard InChI is InChI=1S/C47H30N4/c1-3-12-31(13-4-1)33-22-25-35(26-23-33)45-48-46(37-27-24-32-14-7-8-16-36(32)30-37)50-47(49-45)41-20-11-21-42-43(41)40-29-28-34-15-9-10-19-39(34)44(40)51(42)38-17-5-2-6-18-38/h1-30H. The normalized spacial score (nSPS) is 11.5. The van der Waals surface area contributed by atoms with Gasteiger partial charge in [0, 0.05) is 38.5 Å². The van der Waals surface area contributed by atoms with E-state index < -0.39 is 0 Å². The molecule has 0 N–H and O–H groups in total. The minimum Gasteiger partial charge on any atom is -0.309 e. The summed E-state index contributed by atoms with van der Waals surface area (Å²) in [5.41, 5.74) is 8.55. The molecule has 8 aromatic carbocycles. The van der Waals surface area contributed by atoms with Gasteiger partial charge in [0.25, 0.3) is 0 Å². The molecule has 2 heterocycles. The molecule has 0 aliphatic heterocycles. The van der Waals surface area contributed by atoms with Crippen LogP contribution in [-0.4, -0.2) is 19.5 Å². The Bertz CT molecular complexity index is 2890. The second kappa shape index (κ2) is 11.9. The van der Waals surface area contributed by atoms with Crippen molar-refractivity contribution in [2.24, 2.45) is 0 Å². The molecule has 0 saturated heterocycles. The largest absolute Gasteiger partial charge is 0.309 e. The Morgan fingerprint density at radius 1 is 0.353 bits per heavy atom. The summed E-state index contributed by atoms with van der Waals surface area (Å²) in [5, 5.41) is 7.00. The number of nitrogens with zero attached hydrogens (tertiary/aromatic N) is 4. The molecule has 0 saturated carbocycles. The fourth-order valence-corrected chi connectivity index (χ4v) is 7.38. The second-order valence-corrected chi connectivity index (χ2v) is 12.9. The Morgan fingerprint density at radius 3 is 1.75 bits per heavy atom. The lowest BCUT2D eigenvalue weighted by Crippen LogP contribution is -2.00. The van der Waals surface area contributed by atoms with E-state index in [2.05, 4.69) is 180 Å². The second-order valence-electron chi connectivity index (χ2n) is 12.9. The molecule has 0 atom stereocenters. The summed E-state index contributed by atoms with van der Waals surface area (Å²) in [5.74, 6) is 1.92. The first-order valence-corrected chi connectivity index (χ1v) is 17.2. The summed E-state index contributed by atoms with van der Waals surface area (Å²) in [6, 6.07) is 63.9. The van der Waals surface area contributed by atoms with Crippen LogP contribution in [0.2, 0.25) is 0 Å². The third-order valence-corrected chi connectivity index (χ3v) is 9.83. The number of hydrogen-bond donors (Lipinski definition) is 0. The Hall–Kier alpha value is -6.91. The smallest absolute Gasteiger partial charge is 0.164 e. The van der Waals surface area contributed by atoms with Crippen LogP contribution < -0.4 is 0 Å². The summed E-state index contributed by atoms with van der Waals surface area (Å²) in [6.45, 7) is 0. The molecule has 0 unspecified atom stereocenters. The van der Waals surface area contributed by atoms with Gasteiger partial charge in [0.2, 0.25) is 0 Å². The topological polar surface area (TPSA) is 43.6 Å². The maximum absolute atomic E-state index is 5.24. The third kappa shape index (κ3) is 4.96. The van der Waals surface area contributed by atoms with Crippen molar-refractivity contribution < 1.29 is 0 Å². The number of rotatable bonds is 5. The molecular weight excluding hydrogens is 621 g/mol. The van der Waals surface area contributed by atoms with Gasteiger partial charge in [-0.1, -0.05) is 158 Å². The molecule has 4 nitrogen and oxygen atoms in total. The van der Waals surface area contributed by atoms with Gasteiger partial charge in [0.15, 0.2) is 17.5 Å². The van der Waals surface area contributed by atoms with Crippen molar-refractivity contribution >= 4 is 43.4 Å². The van der Waals surface area contributed by atoms with Crippen LogP contribution in [0.1, 0.15) is 0 Å². The van der Waals surface area contributed by atoms with Crippen LogP contribution in [0.4, 0.5) is 0 Å². The summed E-state index contributed by atoms with van der Waals surface area (Å²) in [6.07, 6.45) is 0. The van der Waals surface area contributed by atoms with Crippen LogP contribution in [0.15, 0.2) is 182 Å². The van der Waals surface area contributed by atoms with Crippen LogP contribution in [-0.2, 0) is 0 Å². The summed E-state index contributed by atoms with van der Waals surface area (Å²) in [4.78, 5) is 15.6. The van der Waals surface area contributed by atoms with Crippen molar-refractivity contribution in [3.8, 4) is 51.0 Å². The van der Waals surface area contributed by atoms with Gasteiger partial charge in [-0.15, -0.1) is 0 Å². The first-order chi connectivity index (χ1) is 25.3. The van der Waals surface area contributed by atoms with Gasteiger partial charge >= 0.3 is 0 Å². The maximum Gasteiger partial charge on any atom is 0.164 e. The zero-order valence-electron chi connectivity index (χ0n) is 27.6. The molecule has 0 aliphatic carbocycles. The van der Waals surface area contributed by atoms with E-state index in [-0.39, 0.29) is 0 Å². The maximum atomic E-state index is 5.24. The van der Waals surface area contributed by atoms with Crippen LogP contribution in [0.25, 0.3) is 94.3 Å². The SMILES string of the molecule is c1ccc(-c2ccc(-c3nc(-c4ccc5ccccc5c4)nc(-c4cccc5c4c4ccc6ccccc6c4n5-c4ccccc4)n3)cc2)cc1. The molecule has 10 rings (SSSR count). The number of aromatic nitrogens is 4. The molecule has 0 amide bonds. The molecule has 0 aliphatic rings. The molecule has 0 radical (unpaired) electrons. The molecular formula is C47H30N4. The first-order valence-electron chi connectivity index (χ1n) is 17.2. The highest BCUT2D eigenvalue weighted by molar-refractivity contribution is 6.22. The minimum absolute atomic E-state index is 0.636. The Balaban J connectivity index is 1.24. The van der Waals surface area contributed by atoms with Gasteiger partial charge in [-0.05, 0) is 51.6 Å². The molecule has 2 aromatic heterocycles. The van der Waals surface area contributed by atoms with Gasteiger partial charge in [-0.3, -0.25) is 0 Å². The molecule has 4 heteroatoms. The van der Waals surface area contributed by atoms with E-state index in [1.54, 1.807) is 0 Å². The molecule has 238 valence electrons. The van der Waals surface area contributed by atoms with Crippen LogP contribution >= 0.6 is 0 Å². The van der Waals surface area contributed by atoms with Crippen LogP contribution in [0.5, 0.6) is 0 Å². The Kier molecular flexibility index (Phi) is 6.78. The van der Waals surface area contributed by atoms with Gasteiger partial charge in [-0.2, -0.15) is 0 Å². The van der Waals surface area contributed by atoms with Gasteiger partial charge in [0.1, 0.15) is 0 Å². The Morgan fingerprint density at radius 2 is 0.941 bits per heavy atom. The summed E-state index contributed by atoms with van der Waals surface area (Å²) < 4.78 is 2.38. The van der Waals surface area contributed by atoms with Gasteiger partial charge < -0.3 is 4.57 Å². The van der Waals surface area contributed by atoms with Crippen molar-refractivity contribution in [2.45, 2.75) is 0 Å². The Labute approximate surface area is 295 Å². The highest BCUT2D eigenvalue weighted by atomic mass is 15.0. The fourth-order valence-electron chi connectivity index (χ4n) is 7.38. The number of para-hydroxylation sites is 1. The van der Waals surface area contributed by atoms with Crippen molar-refractivity contribution in [1.82, 2.24) is 19.5 Å². The van der Waals surface area contributed by atoms with Gasteiger partial charge in [0.05, 0.1) is 11.0 Å². The van der Waals surface area contributed by atoms with E-state index in [1.165, 1.54) is 27.2 Å². The van der Waals surface area contributed by atoms with E-state index in [4.69, 9.17) is 15.0 Å². The summed E-state index contributed by atoms with van der Waals surface area (Å²) in [7, 11) is 0. The van der Waals surface area contributed by atoms with Crippen LogP contribution in [0.3, 0.4) is 0 Å². The zero-order valence-corrected chi connectivity index (χ0v) is 27.6. The lowest BCUT2D eigenvalue weighted by atomic mass is 10.0. The van der Waals surface area contributed by atoms with E-state index in [0.717, 1.165) is 49.6 Å². The molecule has 0 spiro atoms. The lowest BCUT2D eigenvalue weighted by Gasteiger charge is -2.11. The quantitative estimate of drug-likeness (QED) is 0.186. The monoisotopic (exact) mass is 650 g/mol. The third-order valence-electron chi connectivity index (χ3n) is 9.83. The molecule has 51 heavy (non-hydrogen) atoms. The predicted octanol–water partition coefficient (Wildman–Crippen LogP) is 11.9. The molecule has 10 aromatic rings.